The SMILES string of the molecule is CCCOCc1c(Sc2ccc(F)cc2)c(C)nn1CCNC(=O)C(F)(F)F. The first-order valence-electron chi connectivity index (χ1n) is 8.64. The molecule has 1 N–H and O–H groups in total. The molecule has 0 unspecified atom stereocenters. The molecule has 0 saturated carbocycles. The molecule has 0 aliphatic carbocycles. The first-order chi connectivity index (χ1) is 13.2. The summed E-state index contributed by atoms with van der Waals surface area (Å²) in [6.45, 7) is 4.34. The van der Waals surface area contributed by atoms with Crippen molar-refractivity contribution in [2.24, 2.45) is 0 Å². The Kier molecular flexibility index (Phi) is 7.88. The van der Waals surface area contributed by atoms with E-state index in [4.69, 9.17) is 4.74 Å². The lowest BCUT2D eigenvalue weighted by Gasteiger charge is -2.12. The van der Waals surface area contributed by atoms with Crippen molar-refractivity contribution in [3.05, 3.63) is 41.5 Å². The van der Waals surface area contributed by atoms with Gasteiger partial charge in [-0.1, -0.05) is 18.7 Å². The predicted molar refractivity (Wildman–Crippen MR) is 96.5 cm³/mol. The average Bonchev–Trinajstić information content (AvgIpc) is 2.91. The van der Waals surface area contributed by atoms with E-state index in [1.165, 1.54) is 28.6 Å². The van der Waals surface area contributed by atoms with Crippen molar-refractivity contribution in [2.45, 2.75) is 49.4 Å². The molecule has 1 amide bonds. The van der Waals surface area contributed by atoms with Crippen molar-refractivity contribution in [3.63, 3.8) is 0 Å². The third kappa shape index (κ3) is 6.23. The van der Waals surface area contributed by atoms with Crippen LogP contribution in [0.2, 0.25) is 0 Å². The minimum Gasteiger partial charge on any atom is -0.375 e. The molecule has 1 aromatic carbocycles. The molecule has 0 aliphatic heterocycles. The molecule has 1 aromatic heterocycles. The van der Waals surface area contributed by atoms with Crippen molar-refractivity contribution in [3.8, 4) is 0 Å². The number of aromatic nitrogens is 2. The van der Waals surface area contributed by atoms with Crippen molar-refractivity contribution < 1.29 is 27.1 Å². The molecule has 0 spiro atoms. The summed E-state index contributed by atoms with van der Waals surface area (Å²) in [4.78, 5) is 12.6. The van der Waals surface area contributed by atoms with Crippen molar-refractivity contribution in [2.75, 3.05) is 13.2 Å². The number of carbonyl (C=O) groups is 1. The van der Waals surface area contributed by atoms with E-state index in [0.29, 0.717) is 18.0 Å². The van der Waals surface area contributed by atoms with E-state index in [0.717, 1.165) is 16.2 Å². The van der Waals surface area contributed by atoms with Gasteiger partial charge in [-0.25, -0.2) is 4.39 Å². The third-order valence-corrected chi connectivity index (χ3v) is 4.90. The standard InChI is InChI=1S/C18H21F4N3O2S/c1-3-10-27-11-15-16(28-14-6-4-13(19)5-7-14)12(2)24-25(15)9-8-23-17(26)18(20,21)22/h4-7H,3,8-11H2,1-2H3,(H,23,26). The van der Waals surface area contributed by atoms with Gasteiger partial charge in [0.05, 0.1) is 29.4 Å². The predicted octanol–water partition coefficient (Wildman–Crippen LogP) is 4.09. The minimum absolute atomic E-state index is 0.0669. The number of nitrogens with zero attached hydrogens (tertiary/aromatic N) is 2. The van der Waals surface area contributed by atoms with Gasteiger partial charge in [0.2, 0.25) is 0 Å². The van der Waals surface area contributed by atoms with Crippen molar-refractivity contribution in [1.29, 1.82) is 0 Å². The highest BCUT2D eigenvalue weighted by Gasteiger charge is 2.38. The van der Waals surface area contributed by atoms with Crippen LogP contribution in [0.3, 0.4) is 0 Å². The molecule has 2 aromatic rings. The Balaban J connectivity index is 2.17. The molecule has 0 atom stereocenters. The lowest BCUT2D eigenvalue weighted by atomic mass is 10.3. The lowest BCUT2D eigenvalue weighted by Crippen LogP contribution is -2.38. The number of halogens is 4. The average molecular weight is 419 g/mol. The second-order valence-corrected chi connectivity index (χ2v) is 7.03. The summed E-state index contributed by atoms with van der Waals surface area (Å²) in [5.74, 6) is -2.33. The normalized spacial score (nSPS) is 11.6. The van der Waals surface area contributed by atoms with Crippen LogP contribution >= 0.6 is 11.8 Å². The Morgan fingerprint density at radius 2 is 1.96 bits per heavy atom. The Bertz CT molecular complexity index is 791. The summed E-state index contributed by atoms with van der Waals surface area (Å²) in [6.07, 6.45) is -4.11. The number of rotatable bonds is 9. The number of aryl methyl sites for hydroxylation is 1. The fourth-order valence-corrected chi connectivity index (χ4v) is 3.36. The summed E-state index contributed by atoms with van der Waals surface area (Å²) < 4.78 is 57.2. The highest BCUT2D eigenvalue weighted by Crippen LogP contribution is 2.33. The third-order valence-electron chi connectivity index (χ3n) is 3.66. The highest BCUT2D eigenvalue weighted by molar-refractivity contribution is 7.99. The van der Waals surface area contributed by atoms with Crippen LogP contribution in [0.1, 0.15) is 24.7 Å². The summed E-state index contributed by atoms with van der Waals surface area (Å²) >= 11 is 1.38. The topological polar surface area (TPSA) is 56.1 Å². The molecule has 5 nitrogen and oxygen atoms in total. The molecule has 10 heteroatoms. The van der Waals surface area contributed by atoms with Gasteiger partial charge in [-0.3, -0.25) is 9.48 Å². The number of hydrogen-bond acceptors (Lipinski definition) is 4. The van der Waals surface area contributed by atoms with Crippen LogP contribution in [0.15, 0.2) is 34.1 Å². The van der Waals surface area contributed by atoms with Gasteiger partial charge in [0.25, 0.3) is 0 Å². The van der Waals surface area contributed by atoms with Crippen LogP contribution in [0, 0.1) is 12.7 Å². The van der Waals surface area contributed by atoms with Gasteiger partial charge in [-0.2, -0.15) is 18.3 Å². The van der Waals surface area contributed by atoms with E-state index in [1.54, 1.807) is 19.1 Å². The second kappa shape index (κ2) is 9.92. The quantitative estimate of drug-likeness (QED) is 0.492. The molecule has 0 fully saturated rings. The van der Waals surface area contributed by atoms with Gasteiger partial charge >= 0.3 is 12.1 Å². The second-order valence-electron chi connectivity index (χ2n) is 5.95. The molecular weight excluding hydrogens is 398 g/mol. The van der Waals surface area contributed by atoms with Crippen LogP contribution in [0.25, 0.3) is 0 Å². The largest absolute Gasteiger partial charge is 0.471 e. The fraction of sp³-hybridized carbons (Fsp3) is 0.444. The van der Waals surface area contributed by atoms with E-state index in [1.807, 2.05) is 12.2 Å². The molecule has 0 bridgehead atoms. The number of alkyl halides is 3. The first kappa shape index (κ1) is 22.2. The van der Waals surface area contributed by atoms with Crippen molar-refractivity contribution >= 4 is 17.7 Å². The summed E-state index contributed by atoms with van der Waals surface area (Å²) in [7, 11) is 0. The molecule has 28 heavy (non-hydrogen) atoms. The van der Waals surface area contributed by atoms with E-state index >= 15 is 0 Å². The molecule has 0 saturated heterocycles. The number of nitrogens with one attached hydrogen (secondary N) is 1. The number of benzene rings is 1. The molecular formula is C18H21F4N3O2S. The smallest absolute Gasteiger partial charge is 0.375 e. The number of carbonyl (C=O) groups excluding carboxylic acids is 1. The zero-order chi connectivity index (χ0) is 20.7. The minimum atomic E-state index is -4.92. The van der Waals surface area contributed by atoms with E-state index in [2.05, 4.69) is 5.10 Å². The van der Waals surface area contributed by atoms with E-state index in [9.17, 15) is 22.4 Å². The van der Waals surface area contributed by atoms with Gasteiger partial charge in [0.1, 0.15) is 5.82 Å². The number of ether oxygens (including phenoxy) is 1. The summed E-state index contributed by atoms with van der Waals surface area (Å²) in [5.41, 5.74) is 1.37. The van der Waals surface area contributed by atoms with E-state index in [-0.39, 0.29) is 25.5 Å². The van der Waals surface area contributed by atoms with Gasteiger partial charge < -0.3 is 10.1 Å². The van der Waals surface area contributed by atoms with Crippen LogP contribution in [-0.2, 0) is 22.7 Å². The van der Waals surface area contributed by atoms with Crippen LogP contribution < -0.4 is 5.32 Å². The van der Waals surface area contributed by atoms with Crippen molar-refractivity contribution in [1.82, 2.24) is 15.1 Å². The fourth-order valence-electron chi connectivity index (χ4n) is 2.38. The maximum atomic E-state index is 13.1. The Morgan fingerprint density at radius 3 is 2.57 bits per heavy atom. The van der Waals surface area contributed by atoms with Gasteiger partial charge in [-0.05, 0) is 37.6 Å². The van der Waals surface area contributed by atoms with Crippen LogP contribution in [0.4, 0.5) is 17.6 Å². The molecule has 154 valence electrons. The highest BCUT2D eigenvalue weighted by atomic mass is 32.2. The van der Waals surface area contributed by atoms with Crippen LogP contribution in [-0.4, -0.2) is 35.0 Å². The lowest BCUT2D eigenvalue weighted by molar-refractivity contribution is -0.173. The van der Waals surface area contributed by atoms with Crippen LogP contribution in [0.5, 0.6) is 0 Å². The summed E-state index contributed by atoms with van der Waals surface area (Å²) in [5, 5.41) is 6.21. The van der Waals surface area contributed by atoms with Gasteiger partial charge in [0, 0.05) is 18.0 Å². The Labute approximate surface area is 164 Å². The number of amides is 1. The maximum absolute atomic E-state index is 13.1. The molecule has 0 radical (unpaired) electrons. The zero-order valence-corrected chi connectivity index (χ0v) is 16.3. The maximum Gasteiger partial charge on any atom is 0.471 e. The zero-order valence-electron chi connectivity index (χ0n) is 15.5. The number of hydrogen-bond donors (Lipinski definition) is 1. The Morgan fingerprint density at radius 1 is 1.29 bits per heavy atom. The van der Waals surface area contributed by atoms with E-state index < -0.39 is 12.1 Å². The molecule has 0 aliphatic rings. The monoisotopic (exact) mass is 419 g/mol. The first-order valence-corrected chi connectivity index (χ1v) is 9.46. The van der Waals surface area contributed by atoms with Gasteiger partial charge in [0.15, 0.2) is 0 Å². The molecule has 1 heterocycles. The molecule has 2 rings (SSSR count). The Hall–Kier alpha value is -2.07. The van der Waals surface area contributed by atoms with Gasteiger partial charge in [-0.15, -0.1) is 0 Å². The summed E-state index contributed by atoms with van der Waals surface area (Å²) in [6, 6.07) is 5.97.